The van der Waals surface area contributed by atoms with Crippen LogP contribution in [0.4, 0.5) is 16.3 Å². The molecule has 3 heterocycles. The highest BCUT2D eigenvalue weighted by atomic mass is 35.5. The molecule has 3 aromatic rings. The molecule has 0 bridgehead atoms. The summed E-state index contributed by atoms with van der Waals surface area (Å²) in [7, 11) is -4.16. The normalized spacial score (nSPS) is 18.8. The Labute approximate surface area is 297 Å². The van der Waals surface area contributed by atoms with Gasteiger partial charge in [-0.25, -0.2) is 13.2 Å². The average molecular weight is 734 g/mol. The van der Waals surface area contributed by atoms with Crippen molar-refractivity contribution in [2.24, 2.45) is 0 Å². The lowest BCUT2D eigenvalue weighted by Crippen LogP contribution is -2.49. The Bertz CT molecular complexity index is 1880. The Kier molecular flexibility index (Phi) is 10.6. The van der Waals surface area contributed by atoms with Gasteiger partial charge in [0.1, 0.15) is 23.0 Å². The summed E-state index contributed by atoms with van der Waals surface area (Å²) >= 11 is 12.4. The second-order valence-electron chi connectivity index (χ2n) is 14.1. The third-order valence-corrected chi connectivity index (χ3v) is 10.3. The number of ether oxygens (including phenoxy) is 2. The number of nitrogens with one attached hydrogen (secondary N) is 1. The predicted octanol–water partition coefficient (Wildman–Crippen LogP) is 6.41. The summed E-state index contributed by atoms with van der Waals surface area (Å²) < 4.78 is 41.8. The molecule has 1 fully saturated rings. The monoisotopic (exact) mass is 732 g/mol. The van der Waals surface area contributed by atoms with Crippen molar-refractivity contribution >= 4 is 67.7 Å². The summed E-state index contributed by atoms with van der Waals surface area (Å²) in [6.45, 7) is 11.5. The Hall–Kier alpha value is -3.81. The molecule has 1 aliphatic carbocycles. The number of rotatable bonds is 8. The highest BCUT2D eigenvalue weighted by Gasteiger charge is 2.36. The molecule has 2 unspecified atom stereocenters. The fraction of sp³-hybridized carbons (Fsp3) is 0.471. The van der Waals surface area contributed by atoms with Crippen LogP contribution in [-0.2, 0) is 24.3 Å². The van der Waals surface area contributed by atoms with E-state index < -0.39 is 45.1 Å². The van der Waals surface area contributed by atoms with Gasteiger partial charge in [-0.15, -0.1) is 10.2 Å². The number of alkyl carbamates (subject to hydrolysis) is 1. The summed E-state index contributed by atoms with van der Waals surface area (Å²) in [5.74, 6) is 0.554. The minimum Gasteiger partial charge on any atom is -0.459 e. The molecule has 0 radical (unpaired) electrons. The van der Waals surface area contributed by atoms with Gasteiger partial charge in [-0.1, -0.05) is 23.2 Å². The van der Waals surface area contributed by atoms with Crippen molar-refractivity contribution in [2.45, 2.75) is 83.3 Å². The van der Waals surface area contributed by atoms with E-state index in [1.807, 2.05) is 49.7 Å². The number of fused-ring (bicyclic) bond motifs is 1. The number of carbonyl (C=O) groups excluding carboxylic acids is 2. The summed E-state index contributed by atoms with van der Waals surface area (Å²) in [5, 5.41) is 12.1. The third kappa shape index (κ3) is 9.25. The average Bonchev–Trinajstić information content (AvgIpc) is 3.41. The number of piperidine rings is 1. The van der Waals surface area contributed by atoms with Crippen LogP contribution in [0.25, 0.3) is 16.7 Å². The van der Waals surface area contributed by atoms with Crippen LogP contribution in [0.15, 0.2) is 64.8 Å². The molecule has 2 aromatic heterocycles. The highest BCUT2D eigenvalue weighted by molar-refractivity contribution is 7.93. The Morgan fingerprint density at radius 3 is 2.35 bits per heavy atom. The summed E-state index contributed by atoms with van der Waals surface area (Å²) in [4.78, 5) is 27.3. The lowest BCUT2D eigenvalue weighted by molar-refractivity contribution is -0.152. The fourth-order valence-electron chi connectivity index (χ4n) is 5.74. The van der Waals surface area contributed by atoms with Crippen molar-refractivity contribution in [3.05, 3.63) is 64.8 Å². The number of benzene rings is 1. The second kappa shape index (κ2) is 14.2. The number of amides is 1. The molecule has 1 amide bonds. The zero-order chi connectivity index (χ0) is 35.7. The van der Waals surface area contributed by atoms with Crippen molar-refractivity contribution in [2.75, 3.05) is 28.8 Å². The van der Waals surface area contributed by atoms with Gasteiger partial charge in [0.05, 0.1) is 11.2 Å². The number of allylic oxidation sites excluding steroid dienone is 3. The SMILES string of the molecule is CC(C)(C)OC(=O)CN(c1ccc2c(ccn2-c2ccc(N3CCCC(NC(=O)OC(C)(C)C)C3)nn2)c1)S(=O)(=O)C1C=C(Cl)C=C(Cl)C1. The number of nitrogens with zero attached hydrogens (tertiary/aromatic N) is 5. The largest absolute Gasteiger partial charge is 0.459 e. The highest BCUT2D eigenvalue weighted by Crippen LogP contribution is 2.33. The lowest BCUT2D eigenvalue weighted by atomic mass is 10.1. The fourth-order valence-corrected chi connectivity index (χ4v) is 8.25. The van der Waals surface area contributed by atoms with Crippen LogP contribution < -0.4 is 14.5 Å². The van der Waals surface area contributed by atoms with Gasteiger partial charge in [0.2, 0.25) is 10.0 Å². The molecule has 2 aliphatic rings. The van der Waals surface area contributed by atoms with Gasteiger partial charge in [-0.05, 0) is 103 Å². The summed E-state index contributed by atoms with van der Waals surface area (Å²) in [6, 6.07) is 10.6. The third-order valence-electron chi connectivity index (χ3n) is 7.73. The number of aromatic nitrogens is 3. The van der Waals surface area contributed by atoms with E-state index in [0.29, 0.717) is 23.2 Å². The molecule has 1 N–H and O–H groups in total. The molecular formula is C34H42Cl2N6O6S. The van der Waals surface area contributed by atoms with Gasteiger partial charge >= 0.3 is 12.1 Å². The first-order valence-electron chi connectivity index (χ1n) is 16.0. The molecule has 0 saturated carbocycles. The van der Waals surface area contributed by atoms with Gasteiger partial charge in [-0.3, -0.25) is 13.7 Å². The maximum Gasteiger partial charge on any atom is 0.407 e. The van der Waals surface area contributed by atoms with Gasteiger partial charge in [0.25, 0.3) is 0 Å². The smallest absolute Gasteiger partial charge is 0.407 e. The van der Waals surface area contributed by atoms with Crippen LogP contribution in [0, 0.1) is 0 Å². The van der Waals surface area contributed by atoms with E-state index in [1.165, 1.54) is 12.2 Å². The van der Waals surface area contributed by atoms with Gasteiger partial charge in [-0.2, -0.15) is 0 Å². The van der Waals surface area contributed by atoms with Crippen molar-refractivity contribution in [3.8, 4) is 5.82 Å². The van der Waals surface area contributed by atoms with Crippen LogP contribution in [0.1, 0.15) is 60.8 Å². The van der Waals surface area contributed by atoms with Gasteiger partial charge < -0.3 is 19.7 Å². The minimum absolute atomic E-state index is 0.0244. The van der Waals surface area contributed by atoms with E-state index in [9.17, 15) is 18.0 Å². The molecule has 1 aliphatic heterocycles. The first kappa shape index (κ1) is 36.5. The molecule has 12 nitrogen and oxygen atoms in total. The number of esters is 1. The molecule has 264 valence electrons. The van der Waals surface area contributed by atoms with Gasteiger partial charge in [0, 0.05) is 47.2 Å². The van der Waals surface area contributed by atoms with Crippen LogP contribution >= 0.6 is 23.2 Å². The molecule has 1 saturated heterocycles. The first-order chi connectivity index (χ1) is 22.9. The summed E-state index contributed by atoms with van der Waals surface area (Å²) in [6.07, 6.45) is 6.05. The summed E-state index contributed by atoms with van der Waals surface area (Å²) in [5.41, 5.74) is -0.342. The van der Waals surface area contributed by atoms with Gasteiger partial charge in [0.15, 0.2) is 11.6 Å². The zero-order valence-corrected chi connectivity index (χ0v) is 30.8. The Morgan fingerprint density at radius 1 is 1.00 bits per heavy atom. The van der Waals surface area contributed by atoms with E-state index in [0.717, 1.165) is 34.6 Å². The van der Waals surface area contributed by atoms with Crippen LogP contribution in [0.2, 0.25) is 0 Å². The number of halogens is 2. The molecule has 49 heavy (non-hydrogen) atoms. The van der Waals surface area contributed by atoms with Crippen LogP contribution in [0.3, 0.4) is 0 Å². The van der Waals surface area contributed by atoms with E-state index in [-0.39, 0.29) is 23.2 Å². The van der Waals surface area contributed by atoms with E-state index in [2.05, 4.69) is 20.4 Å². The van der Waals surface area contributed by atoms with Crippen molar-refractivity contribution in [1.29, 1.82) is 0 Å². The quantitative estimate of drug-likeness (QED) is 0.261. The molecule has 0 spiro atoms. The number of carbonyl (C=O) groups is 2. The van der Waals surface area contributed by atoms with Crippen LogP contribution in [-0.4, -0.2) is 77.4 Å². The Balaban J connectivity index is 1.37. The second-order valence-corrected chi connectivity index (χ2v) is 17.1. The van der Waals surface area contributed by atoms with E-state index in [1.54, 1.807) is 39.0 Å². The number of hydrogen-bond acceptors (Lipinski definition) is 9. The van der Waals surface area contributed by atoms with E-state index in [4.69, 9.17) is 32.7 Å². The van der Waals surface area contributed by atoms with Crippen molar-refractivity contribution in [3.63, 3.8) is 0 Å². The minimum atomic E-state index is -4.16. The molecule has 1 aromatic carbocycles. The van der Waals surface area contributed by atoms with Crippen molar-refractivity contribution in [1.82, 2.24) is 20.1 Å². The molecule has 15 heteroatoms. The molecule has 5 rings (SSSR count). The predicted molar refractivity (Wildman–Crippen MR) is 192 cm³/mol. The number of hydrogen-bond donors (Lipinski definition) is 1. The molecule has 2 atom stereocenters. The Morgan fingerprint density at radius 2 is 1.69 bits per heavy atom. The number of anilines is 2. The van der Waals surface area contributed by atoms with Crippen molar-refractivity contribution < 1.29 is 27.5 Å². The topological polar surface area (TPSA) is 136 Å². The number of sulfonamides is 1. The maximum absolute atomic E-state index is 14.0. The first-order valence-corrected chi connectivity index (χ1v) is 18.3. The standard InChI is InChI=1S/C34H42Cl2N6O6S/c1-33(2,3)47-31(43)21-42(49(45,46)27-18-23(35)17-24(36)19-27)26-9-10-28-22(16-26)13-15-41(28)30-12-11-29(38-39-30)40-14-7-8-25(20-40)37-32(44)48-34(4,5)6/h9-13,15-18,25,27H,7-8,14,19-21H2,1-6H3,(H,37,44). The van der Waals surface area contributed by atoms with E-state index >= 15 is 0 Å². The molecular weight excluding hydrogens is 691 g/mol. The zero-order valence-electron chi connectivity index (χ0n) is 28.4. The maximum atomic E-state index is 14.0. The lowest BCUT2D eigenvalue weighted by Gasteiger charge is -2.34. The van der Waals surface area contributed by atoms with Crippen LogP contribution in [0.5, 0.6) is 0 Å².